The average molecular weight is 361 g/mol. The van der Waals surface area contributed by atoms with Gasteiger partial charge in [0.25, 0.3) is 5.91 Å². The van der Waals surface area contributed by atoms with Crippen LogP contribution in [0.15, 0.2) is 18.2 Å². The third-order valence-corrected chi connectivity index (χ3v) is 3.77. The topological polar surface area (TPSA) is 47.6 Å². The lowest BCUT2D eigenvalue weighted by atomic mass is 10.2. The predicted molar refractivity (Wildman–Crippen MR) is 77.0 cm³/mol. The summed E-state index contributed by atoms with van der Waals surface area (Å²) < 4.78 is 11.6. The van der Waals surface area contributed by atoms with Gasteiger partial charge in [0.1, 0.15) is 5.75 Å². The Morgan fingerprint density at radius 1 is 1.61 bits per heavy atom. The van der Waals surface area contributed by atoms with Crippen LogP contribution >= 0.6 is 22.6 Å². The second-order valence-corrected chi connectivity index (χ2v) is 5.36. The van der Waals surface area contributed by atoms with Crippen molar-refractivity contribution in [2.75, 3.05) is 20.3 Å². The summed E-state index contributed by atoms with van der Waals surface area (Å²) in [6, 6.07) is 5.40. The molecule has 1 aliphatic rings. The number of hydrogen-bond donors (Lipinski definition) is 1. The summed E-state index contributed by atoms with van der Waals surface area (Å²) in [5.74, 6) is 0.720. The Kier molecular flexibility index (Phi) is 4.82. The van der Waals surface area contributed by atoms with Gasteiger partial charge >= 0.3 is 0 Å². The molecule has 1 N–H and O–H groups in total. The third-order valence-electron chi connectivity index (χ3n) is 2.93. The van der Waals surface area contributed by atoms with E-state index in [4.69, 9.17) is 9.47 Å². The van der Waals surface area contributed by atoms with Crippen molar-refractivity contribution in [1.29, 1.82) is 0 Å². The first-order chi connectivity index (χ1) is 8.70. The van der Waals surface area contributed by atoms with Gasteiger partial charge in [0.2, 0.25) is 0 Å². The van der Waals surface area contributed by atoms with E-state index in [2.05, 4.69) is 27.9 Å². The Labute approximate surface area is 120 Å². The quantitative estimate of drug-likeness (QED) is 0.837. The first-order valence-electron chi connectivity index (χ1n) is 5.94. The van der Waals surface area contributed by atoms with Gasteiger partial charge in [-0.15, -0.1) is 0 Å². The van der Waals surface area contributed by atoms with Crippen LogP contribution in [0, 0.1) is 3.57 Å². The summed E-state index contributed by atoms with van der Waals surface area (Å²) in [6.45, 7) is 1.39. The molecule has 0 spiro atoms. The minimum atomic E-state index is -0.0638. The normalized spacial score (nSPS) is 18.7. The highest BCUT2D eigenvalue weighted by molar-refractivity contribution is 14.1. The molecular weight excluding hydrogens is 345 g/mol. The summed E-state index contributed by atoms with van der Waals surface area (Å²) in [6.07, 6.45) is 2.28. The molecule has 0 radical (unpaired) electrons. The van der Waals surface area contributed by atoms with Crippen LogP contribution in [-0.4, -0.2) is 32.3 Å². The fraction of sp³-hybridized carbons (Fsp3) is 0.462. The van der Waals surface area contributed by atoms with Gasteiger partial charge in [0, 0.05) is 18.7 Å². The molecule has 0 bridgehead atoms. The van der Waals surface area contributed by atoms with Crippen LogP contribution in [-0.2, 0) is 4.74 Å². The molecule has 4 nitrogen and oxygen atoms in total. The van der Waals surface area contributed by atoms with E-state index in [1.165, 1.54) is 0 Å². The van der Waals surface area contributed by atoms with Crippen molar-refractivity contribution in [3.63, 3.8) is 0 Å². The number of benzene rings is 1. The first kappa shape index (κ1) is 13.6. The smallest absolute Gasteiger partial charge is 0.251 e. The van der Waals surface area contributed by atoms with Crippen LogP contribution in [0.5, 0.6) is 5.75 Å². The van der Waals surface area contributed by atoms with Crippen molar-refractivity contribution in [1.82, 2.24) is 5.32 Å². The summed E-state index contributed by atoms with van der Waals surface area (Å²) in [4.78, 5) is 11.9. The molecule has 18 heavy (non-hydrogen) atoms. The van der Waals surface area contributed by atoms with Gasteiger partial charge < -0.3 is 14.8 Å². The first-order valence-corrected chi connectivity index (χ1v) is 7.02. The standard InChI is InChI=1S/C13H16INO3/c1-17-12-5-4-9(7-11(12)14)13(16)15-8-10-3-2-6-18-10/h4-5,7,10H,2-3,6,8H2,1H3,(H,15,16). The van der Waals surface area contributed by atoms with Gasteiger partial charge in [0.05, 0.1) is 16.8 Å². The highest BCUT2D eigenvalue weighted by Crippen LogP contribution is 2.21. The molecule has 2 rings (SSSR count). The van der Waals surface area contributed by atoms with E-state index in [9.17, 15) is 4.79 Å². The fourth-order valence-corrected chi connectivity index (χ4v) is 2.66. The van der Waals surface area contributed by atoms with Crippen molar-refractivity contribution >= 4 is 28.5 Å². The lowest BCUT2D eigenvalue weighted by Gasteiger charge is -2.11. The fourth-order valence-electron chi connectivity index (χ4n) is 1.92. The molecule has 5 heteroatoms. The van der Waals surface area contributed by atoms with E-state index in [-0.39, 0.29) is 12.0 Å². The van der Waals surface area contributed by atoms with E-state index in [1.807, 2.05) is 12.1 Å². The number of carbonyl (C=O) groups excluding carboxylic acids is 1. The lowest BCUT2D eigenvalue weighted by Crippen LogP contribution is -2.31. The van der Waals surface area contributed by atoms with Gasteiger partial charge in [-0.3, -0.25) is 4.79 Å². The monoisotopic (exact) mass is 361 g/mol. The summed E-state index contributed by atoms with van der Waals surface area (Å²) in [7, 11) is 1.62. The Morgan fingerprint density at radius 3 is 3.06 bits per heavy atom. The highest BCUT2D eigenvalue weighted by Gasteiger charge is 2.17. The molecule has 98 valence electrons. The molecule has 0 aliphatic carbocycles. The molecule has 1 fully saturated rings. The average Bonchev–Trinajstić information content (AvgIpc) is 2.89. The number of methoxy groups -OCH3 is 1. The number of ether oxygens (including phenoxy) is 2. The molecule has 1 aliphatic heterocycles. The molecule has 1 atom stereocenters. The van der Waals surface area contributed by atoms with E-state index >= 15 is 0 Å². The number of nitrogens with one attached hydrogen (secondary N) is 1. The summed E-state index contributed by atoms with van der Waals surface area (Å²) in [5.41, 5.74) is 0.651. The molecule has 1 aromatic carbocycles. The molecule has 1 heterocycles. The van der Waals surface area contributed by atoms with Crippen molar-refractivity contribution < 1.29 is 14.3 Å². The maximum absolute atomic E-state index is 11.9. The predicted octanol–water partition coefficient (Wildman–Crippen LogP) is 2.21. The molecule has 1 unspecified atom stereocenters. The van der Waals surface area contributed by atoms with Crippen LogP contribution in [0.25, 0.3) is 0 Å². The van der Waals surface area contributed by atoms with Gasteiger partial charge in [-0.1, -0.05) is 0 Å². The van der Waals surface area contributed by atoms with Gasteiger partial charge in [-0.2, -0.15) is 0 Å². The van der Waals surface area contributed by atoms with Crippen LogP contribution in [0.2, 0.25) is 0 Å². The minimum absolute atomic E-state index is 0.0638. The third kappa shape index (κ3) is 3.35. The number of carbonyl (C=O) groups is 1. The molecule has 0 saturated carbocycles. The highest BCUT2D eigenvalue weighted by atomic mass is 127. The molecule has 0 aromatic heterocycles. The Balaban J connectivity index is 1.93. The molecule has 1 aromatic rings. The number of rotatable bonds is 4. The van der Waals surface area contributed by atoms with Gasteiger partial charge in [0.15, 0.2) is 0 Å². The maximum atomic E-state index is 11.9. The Hall–Kier alpha value is -0.820. The van der Waals surface area contributed by atoms with Crippen LogP contribution < -0.4 is 10.1 Å². The Bertz CT molecular complexity index is 430. The van der Waals surface area contributed by atoms with E-state index in [0.717, 1.165) is 28.8 Å². The minimum Gasteiger partial charge on any atom is -0.496 e. The van der Waals surface area contributed by atoms with E-state index in [1.54, 1.807) is 13.2 Å². The van der Waals surface area contributed by atoms with Crippen LogP contribution in [0.4, 0.5) is 0 Å². The zero-order valence-electron chi connectivity index (χ0n) is 10.2. The van der Waals surface area contributed by atoms with Gasteiger partial charge in [-0.05, 0) is 53.6 Å². The summed E-state index contributed by atoms with van der Waals surface area (Å²) in [5, 5.41) is 2.90. The van der Waals surface area contributed by atoms with Crippen molar-refractivity contribution in [2.45, 2.75) is 18.9 Å². The van der Waals surface area contributed by atoms with E-state index < -0.39 is 0 Å². The number of halogens is 1. The summed E-state index contributed by atoms with van der Waals surface area (Å²) >= 11 is 2.16. The SMILES string of the molecule is COc1ccc(C(=O)NCC2CCCO2)cc1I. The zero-order valence-corrected chi connectivity index (χ0v) is 12.4. The van der Waals surface area contributed by atoms with Crippen molar-refractivity contribution in [3.8, 4) is 5.75 Å². The van der Waals surface area contributed by atoms with Crippen LogP contribution in [0.1, 0.15) is 23.2 Å². The second kappa shape index (κ2) is 6.38. The Morgan fingerprint density at radius 2 is 2.44 bits per heavy atom. The largest absolute Gasteiger partial charge is 0.496 e. The molecule has 1 amide bonds. The second-order valence-electron chi connectivity index (χ2n) is 4.19. The maximum Gasteiger partial charge on any atom is 0.251 e. The van der Waals surface area contributed by atoms with Crippen molar-refractivity contribution in [2.24, 2.45) is 0 Å². The molecule has 1 saturated heterocycles. The lowest BCUT2D eigenvalue weighted by molar-refractivity contribution is 0.0857. The van der Waals surface area contributed by atoms with Crippen molar-refractivity contribution in [3.05, 3.63) is 27.3 Å². The van der Waals surface area contributed by atoms with Crippen LogP contribution in [0.3, 0.4) is 0 Å². The zero-order chi connectivity index (χ0) is 13.0. The van der Waals surface area contributed by atoms with E-state index in [0.29, 0.717) is 12.1 Å². The van der Waals surface area contributed by atoms with Gasteiger partial charge in [-0.25, -0.2) is 0 Å². The molecular formula is C13H16INO3. The number of amides is 1. The number of hydrogen-bond acceptors (Lipinski definition) is 3.